The van der Waals surface area contributed by atoms with Crippen molar-refractivity contribution in [2.75, 3.05) is 19.8 Å². The summed E-state index contributed by atoms with van der Waals surface area (Å²) in [7, 11) is 0. The first-order valence-corrected chi connectivity index (χ1v) is 6.87. The fraction of sp³-hybridized carbons (Fsp3) is 0.600. The maximum atomic E-state index is 5.90. The lowest BCUT2D eigenvalue weighted by atomic mass is 10.1. The Morgan fingerprint density at radius 3 is 2.78 bits per heavy atom. The highest BCUT2D eigenvalue weighted by atomic mass is 16.5. The van der Waals surface area contributed by atoms with Gasteiger partial charge in [-0.1, -0.05) is 19.1 Å². The van der Waals surface area contributed by atoms with Crippen LogP contribution < -0.4 is 10.1 Å². The second kappa shape index (κ2) is 6.76. The molecule has 1 heterocycles. The van der Waals surface area contributed by atoms with Crippen molar-refractivity contribution >= 4 is 0 Å². The number of rotatable bonds is 5. The Balaban J connectivity index is 1.90. The molecule has 3 heteroatoms. The largest absolute Gasteiger partial charge is 0.488 e. The molecular formula is C15H23NO2. The van der Waals surface area contributed by atoms with Gasteiger partial charge in [-0.3, -0.25) is 0 Å². The van der Waals surface area contributed by atoms with Gasteiger partial charge in [0, 0.05) is 12.6 Å². The van der Waals surface area contributed by atoms with E-state index in [9.17, 15) is 0 Å². The molecule has 0 aliphatic carbocycles. The maximum absolute atomic E-state index is 5.90. The third-order valence-electron chi connectivity index (χ3n) is 3.31. The molecule has 18 heavy (non-hydrogen) atoms. The van der Waals surface area contributed by atoms with Gasteiger partial charge in [-0.15, -0.1) is 0 Å². The average Bonchev–Trinajstić information content (AvgIpc) is 2.41. The SMILES string of the molecule is CCNC(C)c1ccc(OC2CCCOC2)cc1. The molecule has 1 N–H and O–H groups in total. The van der Waals surface area contributed by atoms with Crippen LogP contribution in [0, 0.1) is 0 Å². The van der Waals surface area contributed by atoms with Crippen LogP contribution in [-0.4, -0.2) is 25.9 Å². The highest BCUT2D eigenvalue weighted by Gasteiger charge is 2.15. The third-order valence-corrected chi connectivity index (χ3v) is 3.31. The first kappa shape index (κ1) is 13.4. The van der Waals surface area contributed by atoms with Gasteiger partial charge in [-0.05, 0) is 44.0 Å². The van der Waals surface area contributed by atoms with Crippen LogP contribution in [0.25, 0.3) is 0 Å². The highest BCUT2D eigenvalue weighted by molar-refractivity contribution is 5.29. The zero-order valence-electron chi connectivity index (χ0n) is 11.3. The summed E-state index contributed by atoms with van der Waals surface area (Å²) in [6, 6.07) is 8.76. The number of hydrogen-bond acceptors (Lipinski definition) is 3. The van der Waals surface area contributed by atoms with Crippen molar-refractivity contribution in [2.45, 2.75) is 38.8 Å². The molecule has 1 aliphatic rings. The summed E-state index contributed by atoms with van der Waals surface area (Å²) < 4.78 is 11.3. The molecule has 1 aromatic carbocycles. The Bertz CT molecular complexity index is 344. The first-order chi connectivity index (χ1) is 8.79. The summed E-state index contributed by atoms with van der Waals surface area (Å²) in [5.41, 5.74) is 1.30. The minimum Gasteiger partial charge on any atom is -0.488 e. The van der Waals surface area contributed by atoms with Crippen LogP contribution in [0.1, 0.15) is 38.3 Å². The molecule has 1 aliphatic heterocycles. The van der Waals surface area contributed by atoms with Gasteiger partial charge in [-0.25, -0.2) is 0 Å². The molecule has 0 amide bonds. The van der Waals surface area contributed by atoms with E-state index >= 15 is 0 Å². The number of benzene rings is 1. The molecule has 1 saturated heterocycles. The fourth-order valence-corrected chi connectivity index (χ4v) is 2.26. The van der Waals surface area contributed by atoms with Gasteiger partial charge in [0.2, 0.25) is 0 Å². The molecule has 0 aromatic heterocycles. The van der Waals surface area contributed by atoms with Crippen LogP contribution in [-0.2, 0) is 4.74 Å². The van der Waals surface area contributed by atoms with Gasteiger partial charge >= 0.3 is 0 Å². The number of ether oxygens (including phenoxy) is 2. The van der Waals surface area contributed by atoms with Gasteiger partial charge in [0.15, 0.2) is 0 Å². The second-order valence-corrected chi connectivity index (χ2v) is 4.81. The Labute approximate surface area is 109 Å². The normalized spacial score (nSPS) is 21.6. The van der Waals surface area contributed by atoms with E-state index < -0.39 is 0 Å². The van der Waals surface area contributed by atoms with Crippen LogP contribution in [0.15, 0.2) is 24.3 Å². The smallest absolute Gasteiger partial charge is 0.122 e. The van der Waals surface area contributed by atoms with Crippen LogP contribution in [0.2, 0.25) is 0 Å². The van der Waals surface area contributed by atoms with E-state index in [1.807, 2.05) is 0 Å². The maximum Gasteiger partial charge on any atom is 0.122 e. The fourth-order valence-electron chi connectivity index (χ4n) is 2.26. The van der Waals surface area contributed by atoms with E-state index in [2.05, 4.69) is 43.4 Å². The van der Waals surface area contributed by atoms with Crippen molar-refractivity contribution in [3.05, 3.63) is 29.8 Å². The lowest BCUT2D eigenvalue weighted by Gasteiger charge is -2.23. The molecule has 0 saturated carbocycles. The molecule has 1 aromatic rings. The minimum atomic E-state index is 0.218. The summed E-state index contributed by atoms with van der Waals surface area (Å²) in [5.74, 6) is 0.943. The summed E-state index contributed by atoms with van der Waals surface area (Å²) in [5, 5.41) is 3.40. The summed E-state index contributed by atoms with van der Waals surface area (Å²) in [4.78, 5) is 0. The lowest BCUT2D eigenvalue weighted by molar-refractivity contribution is 0.00742. The molecule has 2 rings (SSSR count). The molecule has 0 bridgehead atoms. The predicted octanol–water partition coefficient (Wildman–Crippen LogP) is 2.91. The van der Waals surface area contributed by atoms with Crippen LogP contribution >= 0.6 is 0 Å². The van der Waals surface area contributed by atoms with E-state index in [0.29, 0.717) is 6.04 Å². The quantitative estimate of drug-likeness (QED) is 0.870. The van der Waals surface area contributed by atoms with Crippen molar-refractivity contribution in [1.29, 1.82) is 0 Å². The Morgan fingerprint density at radius 1 is 1.39 bits per heavy atom. The lowest BCUT2D eigenvalue weighted by Crippen LogP contribution is -2.28. The van der Waals surface area contributed by atoms with Crippen LogP contribution in [0.5, 0.6) is 5.75 Å². The Kier molecular flexibility index (Phi) is 5.02. The van der Waals surface area contributed by atoms with Gasteiger partial charge in [-0.2, -0.15) is 0 Å². The van der Waals surface area contributed by atoms with Crippen molar-refractivity contribution in [2.24, 2.45) is 0 Å². The summed E-state index contributed by atoms with van der Waals surface area (Å²) in [6.07, 6.45) is 2.41. The van der Waals surface area contributed by atoms with E-state index in [0.717, 1.165) is 38.3 Å². The van der Waals surface area contributed by atoms with E-state index in [4.69, 9.17) is 9.47 Å². The second-order valence-electron chi connectivity index (χ2n) is 4.81. The standard InChI is InChI=1S/C15H23NO2/c1-3-16-12(2)13-6-8-14(9-7-13)18-15-5-4-10-17-11-15/h6-9,12,15-16H,3-5,10-11H2,1-2H3. The van der Waals surface area contributed by atoms with E-state index in [-0.39, 0.29) is 6.10 Å². The Hall–Kier alpha value is -1.06. The molecule has 100 valence electrons. The van der Waals surface area contributed by atoms with Gasteiger partial charge in [0.25, 0.3) is 0 Å². The number of hydrogen-bond donors (Lipinski definition) is 1. The van der Waals surface area contributed by atoms with E-state index in [1.165, 1.54) is 5.56 Å². The van der Waals surface area contributed by atoms with Crippen LogP contribution in [0.3, 0.4) is 0 Å². The van der Waals surface area contributed by atoms with Gasteiger partial charge in [0.1, 0.15) is 11.9 Å². The Morgan fingerprint density at radius 2 is 2.17 bits per heavy atom. The molecule has 2 unspecified atom stereocenters. The van der Waals surface area contributed by atoms with Crippen molar-refractivity contribution in [3.63, 3.8) is 0 Å². The minimum absolute atomic E-state index is 0.218. The molecule has 0 spiro atoms. The molecular weight excluding hydrogens is 226 g/mol. The third kappa shape index (κ3) is 3.72. The zero-order valence-corrected chi connectivity index (χ0v) is 11.3. The number of nitrogens with one attached hydrogen (secondary N) is 1. The zero-order chi connectivity index (χ0) is 12.8. The average molecular weight is 249 g/mol. The van der Waals surface area contributed by atoms with Crippen molar-refractivity contribution in [3.8, 4) is 5.75 Å². The van der Waals surface area contributed by atoms with E-state index in [1.54, 1.807) is 0 Å². The molecule has 3 nitrogen and oxygen atoms in total. The van der Waals surface area contributed by atoms with Crippen molar-refractivity contribution < 1.29 is 9.47 Å². The van der Waals surface area contributed by atoms with Crippen LogP contribution in [0.4, 0.5) is 0 Å². The van der Waals surface area contributed by atoms with Gasteiger partial charge < -0.3 is 14.8 Å². The molecule has 2 atom stereocenters. The molecule has 0 radical (unpaired) electrons. The topological polar surface area (TPSA) is 30.5 Å². The summed E-state index contributed by atoms with van der Waals surface area (Å²) in [6.45, 7) is 6.87. The van der Waals surface area contributed by atoms with Gasteiger partial charge in [0.05, 0.1) is 6.61 Å². The first-order valence-electron chi connectivity index (χ1n) is 6.87. The van der Waals surface area contributed by atoms with Crippen molar-refractivity contribution in [1.82, 2.24) is 5.32 Å². The predicted molar refractivity (Wildman–Crippen MR) is 73.0 cm³/mol. The molecule has 1 fully saturated rings. The summed E-state index contributed by atoms with van der Waals surface area (Å²) >= 11 is 0. The monoisotopic (exact) mass is 249 g/mol. The highest BCUT2D eigenvalue weighted by Crippen LogP contribution is 2.20.